The van der Waals surface area contributed by atoms with Gasteiger partial charge < -0.3 is 10.7 Å². The molecule has 1 aliphatic rings. The molecule has 4 nitrogen and oxygen atoms in total. The van der Waals surface area contributed by atoms with E-state index < -0.39 is 0 Å². The molecule has 0 atom stereocenters. The summed E-state index contributed by atoms with van der Waals surface area (Å²) in [4.78, 5) is 14.2. The highest BCUT2D eigenvalue weighted by Crippen LogP contribution is 2.36. The molecule has 3 rings (SSSR count). The number of benzene rings is 1. The van der Waals surface area contributed by atoms with Crippen molar-refractivity contribution in [1.29, 1.82) is 0 Å². The maximum absolute atomic E-state index is 11.6. The number of hydrogen-bond donors (Lipinski definition) is 2. The summed E-state index contributed by atoms with van der Waals surface area (Å²) in [5.74, 6) is 0. The van der Waals surface area contributed by atoms with Crippen molar-refractivity contribution < 1.29 is 0 Å². The molecule has 1 saturated carbocycles. The average Bonchev–Trinajstić information content (AvgIpc) is 2.99. The molecule has 0 amide bonds. The zero-order valence-corrected chi connectivity index (χ0v) is 10.2. The lowest BCUT2D eigenvalue weighted by atomic mass is 9.89. The SMILES string of the molecule is NC1(c2cccc(-n3cc[nH]c3=O)c2)CCCC1. The van der Waals surface area contributed by atoms with E-state index in [2.05, 4.69) is 11.1 Å². The van der Waals surface area contributed by atoms with Gasteiger partial charge in [0.25, 0.3) is 0 Å². The van der Waals surface area contributed by atoms with Crippen molar-refractivity contribution >= 4 is 0 Å². The summed E-state index contributed by atoms with van der Waals surface area (Å²) in [6, 6.07) is 7.99. The molecule has 0 saturated heterocycles. The van der Waals surface area contributed by atoms with E-state index in [1.54, 1.807) is 17.0 Å². The molecular formula is C14H17N3O. The molecular weight excluding hydrogens is 226 g/mol. The predicted octanol–water partition coefficient (Wildman–Crippen LogP) is 1.89. The Morgan fingerprint density at radius 1 is 1.28 bits per heavy atom. The molecule has 18 heavy (non-hydrogen) atoms. The molecule has 0 spiro atoms. The summed E-state index contributed by atoms with van der Waals surface area (Å²) in [5.41, 5.74) is 8.11. The van der Waals surface area contributed by atoms with Crippen LogP contribution < -0.4 is 11.4 Å². The molecule has 2 aromatic rings. The van der Waals surface area contributed by atoms with Crippen molar-refractivity contribution in [3.8, 4) is 5.69 Å². The molecule has 1 aromatic carbocycles. The average molecular weight is 243 g/mol. The number of nitrogens with two attached hydrogens (primary N) is 1. The molecule has 1 fully saturated rings. The van der Waals surface area contributed by atoms with Crippen molar-refractivity contribution in [2.75, 3.05) is 0 Å². The first-order valence-electron chi connectivity index (χ1n) is 6.35. The number of aromatic nitrogens is 2. The van der Waals surface area contributed by atoms with Crippen molar-refractivity contribution in [2.45, 2.75) is 31.2 Å². The number of hydrogen-bond acceptors (Lipinski definition) is 2. The van der Waals surface area contributed by atoms with Crippen LogP contribution in [0.4, 0.5) is 0 Å². The second-order valence-corrected chi connectivity index (χ2v) is 5.05. The van der Waals surface area contributed by atoms with Gasteiger partial charge in [-0.3, -0.25) is 4.57 Å². The lowest BCUT2D eigenvalue weighted by molar-refractivity contribution is 0.461. The Kier molecular flexibility index (Phi) is 2.59. The van der Waals surface area contributed by atoms with Crippen LogP contribution >= 0.6 is 0 Å². The highest BCUT2D eigenvalue weighted by Gasteiger charge is 2.31. The smallest absolute Gasteiger partial charge is 0.321 e. The molecule has 3 N–H and O–H groups in total. The summed E-state index contributed by atoms with van der Waals surface area (Å²) in [6.45, 7) is 0. The van der Waals surface area contributed by atoms with E-state index in [-0.39, 0.29) is 11.2 Å². The summed E-state index contributed by atoms with van der Waals surface area (Å²) < 4.78 is 1.60. The van der Waals surface area contributed by atoms with Crippen LogP contribution in [0.25, 0.3) is 5.69 Å². The summed E-state index contributed by atoms with van der Waals surface area (Å²) in [6.07, 6.45) is 7.80. The zero-order chi connectivity index (χ0) is 12.6. The normalized spacial score (nSPS) is 18.1. The standard InChI is InChI=1S/C14H17N3O/c15-14(6-1-2-7-14)11-4-3-5-12(10-11)17-9-8-16-13(17)18/h3-5,8-10H,1-2,6-7,15H2,(H,16,18). The Bertz CT molecular complexity index is 605. The number of H-pyrrole nitrogens is 1. The quantitative estimate of drug-likeness (QED) is 0.846. The van der Waals surface area contributed by atoms with Crippen LogP contribution in [0.3, 0.4) is 0 Å². The fraction of sp³-hybridized carbons (Fsp3) is 0.357. The van der Waals surface area contributed by atoms with Gasteiger partial charge in [0, 0.05) is 17.9 Å². The lowest BCUT2D eigenvalue weighted by Gasteiger charge is -2.24. The highest BCUT2D eigenvalue weighted by molar-refractivity contribution is 5.39. The molecule has 0 radical (unpaired) electrons. The molecule has 0 bridgehead atoms. The van der Waals surface area contributed by atoms with Gasteiger partial charge in [-0.2, -0.15) is 0 Å². The Morgan fingerprint density at radius 2 is 2.06 bits per heavy atom. The molecule has 94 valence electrons. The van der Waals surface area contributed by atoms with Gasteiger partial charge in [-0.25, -0.2) is 4.79 Å². The van der Waals surface area contributed by atoms with Gasteiger partial charge in [0.05, 0.1) is 5.69 Å². The van der Waals surface area contributed by atoms with Gasteiger partial charge in [-0.15, -0.1) is 0 Å². The number of nitrogens with zero attached hydrogens (tertiary/aromatic N) is 1. The van der Waals surface area contributed by atoms with Gasteiger partial charge in [-0.1, -0.05) is 25.0 Å². The van der Waals surface area contributed by atoms with Crippen LogP contribution in [-0.4, -0.2) is 9.55 Å². The van der Waals surface area contributed by atoms with Gasteiger partial charge in [0.1, 0.15) is 0 Å². The van der Waals surface area contributed by atoms with E-state index in [0.29, 0.717) is 0 Å². The first-order valence-corrected chi connectivity index (χ1v) is 6.35. The van der Waals surface area contributed by atoms with Crippen molar-refractivity contribution in [3.05, 3.63) is 52.7 Å². The maximum atomic E-state index is 11.6. The van der Waals surface area contributed by atoms with Gasteiger partial charge in [0.2, 0.25) is 0 Å². The third-order valence-electron chi connectivity index (χ3n) is 3.84. The Balaban J connectivity index is 2.04. The molecule has 1 aliphatic carbocycles. The second kappa shape index (κ2) is 4.14. The number of aromatic amines is 1. The Labute approximate surface area is 105 Å². The van der Waals surface area contributed by atoms with Crippen LogP contribution in [0, 0.1) is 0 Å². The minimum absolute atomic E-state index is 0.121. The van der Waals surface area contributed by atoms with Crippen molar-refractivity contribution in [1.82, 2.24) is 9.55 Å². The Morgan fingerprint density at radius 3 is 2.72 bits per heavy atom. The van der Waals surface area contributed by atoms with Gasteiger partial charge in [-0.05, 0) is 30.5 Å². The maximum Gasteiger partial charge on any atom is 0.330 e. The highest BCUT2D eigenvalue weighted by atomic mass is 16.1. The summed E-state index contributed by atoms with van der Waals surface area (Å²) in [7, 11) is 0. The van der Waals surface area contributed by atoms with Crippen LogP contribution in [0.1, 0.15) is 31.2 Å². The molecule has 1 aromatic heterocycles. The largest absolute Gasteiger partial charge is 0.330 e. The lowest BCUT2D eigenvalue weighted by Crippen LogP contribution is -2.33. The molecule has 4 heteroatoms. The van der Waals surface area contributed by atoms with E-state index in [1.807, 2.05) is 18.2 Å². The first kappa shape index (κ1) is 11.3. The van der Waals surface area contributed by atoms with E-state index in [4.69, 9.17) is 5.73 Å². The summed E-state index contributed by atoms with van der Waals surface area (Å²) >= 11 is 0. The minimum Gasteiger partial charge on any atom is -0.321 e. The topological polar surface area (TPSA) is 63.8 Å². The zero-order valence-electron chi connectivity index (χ0n) is 10.2. The fourth-order valence-electron chi connectivity index (χ4n) is 2.78. The van der Waals surface area contributed by atoms with E-state index in [9.17, 15) is 4.79 Å². The Hall–Kier alpha value is -1.81. The predicted molar refractivity (Wildman–Crippen MR) is 70.7 cm³/mol. The number of imidazole rings is 1. The number of nitrogens with one attached hydrogen (secondary N) is 1. The van der Waals surface area contributed by atoms with Crippen molar-refractivity contribution in [3.63, 3.8) is 0 Å². The van der Waals surface area contributed by atoms with Gasteiger partial charge >= 0.3 is 5.69 Å². The third-order valence-corrected chi connectivity index (χ3v) is 3.84. The van der Waals surface area contributed by atoms with Crippen molar-refractivity contribution in [2.24, 2.45) is 5.73 Å². The third kappa shape index (κ3) is 1.78. The molecule has 1 heterocycles. The molecule has 0 aliphatic heterocycles. The van der Waals surface area contributed by atoms with E-state index >= 15 is 0 Å². The number of rotatable bonds is 2. The van der Waals surface area contributed by atoms with E-state index in [1.165, 1.54) is 12.8 Å². The van der Waals surface area contributed by atoms with Crippen LogP contribution in [0.5, 0.6) is 0 Å². The second-order valence-electron chi connectivity index (χ2n) is 5.05. The monoisotopic (exact) mass is 243 g/mol. The fourth-order valence-corrected chi connectivity index (χ4v) is 2.78. The van der Waals surface area contributed by atoms with Crippen LogP contribution in [0.15, 0.2) is 41.5 Å². The van der Waals surface area contributed by atoms with Gasteiger partial charge in [0.15, 0.2) is 0 Å². The first-order chi connectivity index (χ1) is 8.69. The van der Waals surface area contributed by atoms with Crippen LogP contribution in [-0.2, 0) is 5.54 Å². The minimum atomic E-state index is -0.212. The van der Waals surface area contributed by atoms with Crippen LogP contribution in [0.2, 0.25) is 0 Å². The van der Waals surface area contributed by atoms with E-state index in [0.717, 1.165) is 24.1 Å². The molecule has 0 unspecified atom stereocenters. The summed E-state index contributed by atoms with van der Waals surface area (Å²) in [5, 5.41) is 0.